The van der Waals surface area contributed by atoms with Crippen molar-refractivity contribution in [3.8, 4) is 0 Å². The van der Waals surface area contributed by atoms with E-state index in [2.05, 4.69) is 37.0 Å². The van der Waals surface area contributed by atoms with E-state index in [1.54, 1.807) is 6.07 Å². The number of aliphatic hydroxyl groups is 1. The number of halogens is 2. The van der Waals surface area contributed by atoms with Crippen molar-refractivity contribution in [1.29, 1.82) is 0 Å². The quantitative estimate of drug-likeness (QED) is 0.835. The number of aliphatic hydroxyl groups excluding tert-OH is 1. The molecule has 5 heteroatoms. The molecule has 0 aromatic carbocycles. The number of hydrogen-bond acceptors (Lipinski definition) is 3. The predicted molar refractivity (Wildman–Crippen MR) is 43.0 cm³/mol. The van der Waals surface area contributed by atoms with E-state index in [-0.39, 0.29) is 0 Å². The van der Waals surface area contributed by atoms with Crippen LogP contribution in [0.1, 0.15) is 11.9 Å². The standard InChI is InChI=1S/C5H5Br2NO2/c6-2-3(9)4-1-5(7)8-10-4/h1,3,9H,2H2/t3-/m1/s1. The summed E-state index contributed by atoms with van der Waals surface area (Å²) in [4.78, 5) is 0. The lowest BCUT2D eigenvalue weighted by Gasteiger charge is -1.97. The molecule has 1 aromatic heterocycles. The third-order valence-electron chi connectivity index (χ3n) is 0.974. The van der Waals surface area contributed by atoms with E-state index in [0.717, 1.165) is 0 Å². The molecule has 0 fully saturated rings. The molecule has 0 unspecified atom stereocenters. The summed E-state index contributed by atoms with van der Waals surface area (Å²) in [5, 5.41) is 13.1. The van der Waals surface area contributed by atoms with Crippen LogP contribution in [0.25, 0.3) is 0 Å². The van der Waals surface area contributed by atoms with Crippen molar-refractivity contribution >= 4 is 31.9 Å². The van der Waals surface area contributed by atoms with Gasteiger partial charge >= 0.3 is 0 Å². The third-order valence-corrected chi connectivity index (χ3v) is 1.96. The second-order valence-electron chi connectivity index (χ2n) is 1.72. The Balaban J connectivity index is 2.74. The molecule has 0 saturated heterocycles. The van der Waals surface area contributed by atoms with Crippen LogP contribution in [-0.4, -0.2) is 15.6 Å². The van der Waals surface area contributed by atoms with Crippen LogP contribution in [0.15, 0.2) is 15.2 Å². The Kier molecular flexibility index (Phi) is 2.88. The van der Waals surface area contributed by atoms with Gasteiger partial charge in [-0.25, -0.2) is 0 Å². The molecule has 0 spiro atoms. The van der Waals surface area contributed by atoms with Gasteiger partial charge in [0.1, 0.15) is 10.7 Å². The number of nitrogens with zero attached hydrogens (tertiary/aromatic N) is 1. The van der Waals surface area contributed by atoms with Crippen molar-refractivity contribution in [3.05, 3.63) is 16.4 Å². The first-order valence-electron chi connectivity index (χ1n) is 2.60. The van der Waals surface area contributed by atoms with Gasteiger partial charge < -0.3 is 9.63 Å². The molecular formula is C5H5Br2NO2. The fourth-order valence-electron chi connectivity index (χ4n) is 0.499. The normalized spacial score (nSPS) is 13.5. The molecule has 0 radical (unpaired) electrons. The van der Waals surface area contributed by atoms with Gasteiger partial charge in [-0.3, -0.25) is 0 Å². The number of alkyl halides is 1. The van der Waals surface area contributed by atoms with E-state index < -0.39 is 6.10 Å². The average Bonchev–Trinajstić information content (AvgIpc) is 2.34. The van der Waals surface area contributed by atoms with Gasteiger partial charge in [-0.1, -0.05) is 21.1 Å². The van der Waals surface area contributed by atoms with Crippen LogP contribution in [0.2, 0.25) is 0 Å². The lowest BCUT2D eigenvalue weighted by molar-refractivity contribution is 0.163. The van der Waals surface area contributed by atoms with Crippen LogP contribution in [0.5, 0.6) is 0 Å². The minimum Gasteiger partial charge on any atom is -0.384 e. The van der Waals surface area contributed by atoms with E-state index in [1.165, 1.54) is 0 Å². The summed E-state index contributed by atoms with van der Waals surface area (Å²) in [6.45, 7) is 0. The van der Waals surface area contributed by atoms with Gasteiger partial charge in [0.15, 0.2) is 5.76 Å². The smallest absolute Gasteiger partial charge is 0.167 e. The first-order chi connectivity index (χ1) is 4.74. The molecule has 0 saturated carbocycles. The summed E-state index contributed by atoms with van der Waals surface area (Å²) < 4.78 is 5.34. The monoisotopic (exact) mass is 269 g/mol. The molecule has 0 bridgehead atoms. The highest BCUT2D eigenvalue weighted by Crippen LogP contribution is 2.18. The highest BCUT2D eigenvalue weighted by Gasteiger charge is 2.10. The SMILES string of the molecule is O[C@H](CBr)c1cc(Br)no1. The molecule has 56 valence electrons. The maximum atomic E-state index is 9.14. The minimum absolute atomic E-state index is 0.453. The van der Waals surface area contributed by atoms with Crippen LogP contribution in [0, 0.1) is 0 Å². The molecule has 1 heterocycles. The van der Waals surface area contributed by atoms with Crippen molar-refractivity contribution < 1.29 is 9.63 Å². The summed E-state index contributed by atoms with van der Waals surface area (Å²) in [6, 6.07) is 1.63. The van der Waals surface area contributed by atoms with Gasteiger partial charge in [-0.15, -0.1) is 0 Å². The van der Waals surface area contributed by atoms with Gasteiger partial charge in [0.05, 0.1) is 0 Å². The molecule has 1 aromatic rings. The lowest BCUT2D eigenvalue weighted by Crippen LogP contribution is -1.94. The van der Waals surface area contributed by atoms with Crippen LogP contribution in [0.3, 0.4) is 0 Å². The van der Waals surface area contributed by atoms with E-state index in [1.807, 2.05) is 0 Å². The van der Waals surface area contributed by atoms with Crippen LogP contribution in [0.4, 0.5) is 0 Å². The predicted octanol–water partition coefficient (Wildman–Crippen LogP) is 1.87. The molecule has 1 N–H and O–H groups in total. The summed E-state index contributed by atoms with van der Waals surface area (Å²) in [5.74, 6) is 0.462. The lowest BCUT2D eigenvalue weighted by atomic mass is 10.3. The van der Waals surface area contributed by atoms with Crippen molar-refractivity contribution in [3.63, 3.8) is 0 Å². The molecule has 0 amide bonds. The van der Waals surface area contributed by atoms with Crippen molar-refractivity contribution in [2.45, 2.75) is 6.10 Å². The van der Waals surface area contributed by atoms with Crippen LogP contribution < -0.4 is 0 Å². The summed E-state index contributed by atoms with van der Waals surface area (Å²) in [6.07, 6.45) is -0.612. The first-order valence-corrected chi connectivity index (χ1v) is 4.51. The Morgan fingerprint density at radius 1 is 1.80 bits per heavy atom. The largest absolute Gasteiger partial charge is 0.384 e. The van der Waals surface area contributed by atoms with Crippen molar-refractivity contribution in [2.75, 3.05) is 5.33 Å². The summed E-state index contributed by atoms with van der Waals surface area (Å²) in [5.41, 5.74) is 0. The zero-order chi connectivity index (χ0) is 7.56. The van der Waals surface area contributed by atoms with Gasteiger partial charge in [0, 0.05) is 11.4 Å². The summed E-state index contributed by atoms with van der Waals surface area (Å²) in [7, 11) is 0. The minimum atomic E-state index is -0.612. The van der Waals surface area contributed by atoms with Crippen LogP contribution in [-0.2, 0) is 0 Å². The zero-order valence-corrected chi connectivity index (χ0v) is 8.09. The topological polar surface area (TPSA) is 46.3 Å². The van der Waals surface area contributed by atoms with E-state index in [4.69, 9.17) is 9.63 Å². The number of rotatable bonds is 2. The highest BCUT2D eigenvalue weighted by molar-refractivity contribution is 9.10. The van der Waals surface area contributed by atoms with E-state index in [9.17, 15) is 0 Å². The van der Waals surface area contributed by atoms with E-state index >= 15 is 0 Å². The fourth-order valence-corrected chi connectivity index (χ4v) is 1.12. The van der Waals surface area contributed by atoms with Crippen molar-refractivity contribution in [2.24, 2.45) is 0 Å². The Bertz CT molecular complexity index is 213. The first kappa shape index (κ1) is 8.23. The third kappa shape index (κ3) is 1.81. The molecule has 10 heavy (non-hydrogen) atoms. The molecular weight excluding hydrogens is 266 g/mol. The van der Waals surface area contributed by atoms with Gasteiger partial charge in [0.25, 0.3) is 0 Å². The second-order valence-corrected chi connectivity index (χ2v) is 3.18. The molecule has 0 aliphatic carbocycles. The molecule has 0 aliphatic heterocycles. The van der Waals surface area contributed by atoms with Gasteiger partial charge in [-0.2, -0.15) is 0 Å². The highest BCUT2D eigenvalue weighted by atomic mass is 79.9. The zero-order valence-electron chi connectivity index (χ0n) is 4.92. The molecule has 0 aliphatic rings. The number of hydrogen-bond donors (Lipinski definition) is 1. The summed E-state index contributed by atoms with van der Waals surface area (Å²) >= 11 is 6.21. The fraction of sp³-hybridized carbons (Fsp3) is 0.400. The Morgan fingerprint density at radius 3 is 2.90 bits per heavy atom. The second kappa shape index (κ2) is 3.50. The molecule has 3 nitrogen and oxygen atoms in total. The Labute approximate surface area is 74.7 Å². The maximum absolute atomic E-state index is 9.14. The Morgan fingerprint density at radius 2 is 2.50 bits per heavy atom. The maximum Gasteiger partial charge on any atom is 0.167 e. The average molecular weight is 271 g/mol. The molecule has 1 rings (SSSR count). The van der Waals surface area contributed by atoms with E-state index in [0.29, 0.717) is 15.7 Å². The Hall–Kier alpha value is 0.130. The van der Waals surface area contributed by atoms with Crippen molar-refractivity contribution in [1.82, 2.24) is 5.16 Å². The molecule has 1 atom stereocenters. The van der Waals surface area contributed by atoms with Gasteiger partial charge in [-0.05, 0) is 15.9 Å². The van der Waals surface area contributed by atoms with Crippen LogP contribution >= 0.6 is 31.9 Å². The van der Waals surface area contributed by atoms with Gasteiger partial charge in [0.2, 0.25) is 0 Å². The number of aromatic nitrogens is 1.